The fraction of sp³-hybridized carbons (Fsp3) is 0.647. The van der Waals surface area contributed by atoms with Crippen LogP contribution in [0, 0.1) is 25.2 Å². The number of nitriles is 1. The number of rotatable bonds is 8. The summed E-state index contributed by atoms with van der Waals surface area (Å²) >= 11 is 1.81. The van der Waals surface area contributed by atoms with Crippen LogP contribution < -0.4 is 5.32 Å². The number of hydrogen-bond donors (Lipinski definition) is 1. The van der Waals surface area contributed by atoms with Crippen molar-refractivity contribution < 1.29 is 0 Å². The van der Waals surface area contributed by atoms with E-state index in [0.29, 0.717) is 6.04 Å². The van der Waals surface area contributed by atoms with Crippen LogP contribution in [0.25, 0.3) is 0 Å². The molecule has 0 radical (unpaired) electrons. The molecular formula is C17H27N3S. The average Bonchev–Trinajstić information content (AvgIpc) is 2.36. The van der Waals surface area contributed by atoms with E-state index >= 15 is 0 Å². The average molecular weight is 305 g/mol. The Bertz CT molecular complexity index is 473. The van der Waals surface area contributed by atoms with Gasteiger partial charge in [-0.3, -0.25) is 5.32 Å². The maximum absolute atomic E-state index is 9.30. The van der Waals surface area contributed by atoms with Crippen molar-refractivity contribution in [2.24, 2.45) is 0 Å². The van der Waals surface area contributed by atoms with Gasteiger partial charge in [0.15, 0.2) is 0 Å². The van der Waals surface area contributed by atoms with E-state index in [1.54, 1.807) is 11.8 Å². The molecule has 0 saturated carbocycles. The Morgan fingerprint density at radius 3 is 2.62 bits per heavy atom. The minimum absolute atomic E-state index is 0.337. The van der Waals surface area contributed by atoms with Crippen molar-refractivity contribution in [3.8, 4) is 6.07 Å². The van der Waals surface area contributed by atoms with Crippen LogP contribution in [0.5, 0.6) is 0 Å². The standard InChI is InChI=1S/C17H27N3S/c1-13(2)20-17(5,12-18)8-6-7-9-21-16-11-14(3)10-15(4)19-16/h10-11,13,20H,6-9H2,1-5H3. The Hall–Kier alpha value is -1.05. The zero-order valence-corrected chi connectivity index (χ0v) is 14.7. The van der Waals surface area contributed by atoms with E-state index in [4.69, 9.17) is 0 Å². The molecule has 0 saturated heterocycles. The predicted molar refractivity (Wildman–Crippen MR) is 90.6 cm³/mol. The molecule has 116 valence electrons. The lowest BCUT2D eigenvalue weighted by Gasteiger charge is -2.25. The number of hydrogen-bond acceptors (Lipinski definition) is 4. The van der Waals surface area contributed by atoms with Crippen LogP contribution in [0.3, 0.4) is 0 Å². The minimum Gasteiger partial charge on any atom is -0.297 e. The topological polar surface area (TPSA) is 48.7 Å². The number of pyridine rings is 1. The van der Waals surface area contributed by atoms with Gasteiger partial charge >= 0.3 is 0 Å². The third-order valence-electron chi connectivity index (χ3n) is 3.25. The van der Waals surface area contributed by atoms with E-state index in [1.165, 1.54) is 5.56 Å². The smallest absolute Gasteiger partial charge is 0.104 e. The Labute approximate surface area is 133 Å². The largest absolute Gasteiger partial charge is 0.297 e. The van der Waals surface area contributed by atoms with E-state index in [9.17, 15) is 5.26 Å². The van der Waals surface area contributed by atoms with Crippen molar-refractivity contribution in [1.29, 1.82) is 5.26 Å². The SMILES string of the molecule is Cc1cc(C)nc(SCCCCC(C)(C#N)NC(C)C)c1. The van der Waals surface area contributed by atoms with Crippen LogP contribution in [-0.2, 0) is 0 Å². The van der Waals surface area contributed by atoms with Gasteiger partial charge in [0.05, 0.1) is 11.1 Å². The highest BCUT2D eigenvalue weighted by Crippen LogP contribution is 2.21. The molecule has 3 nitrogen and oxygen atoms in total. The second kappa shape index (κ2) is 8.41. The van der Waals surface area contributed by atoms with E-state index in [0.717, 1.165) is 35.7 Å². The van der Waals surface area contributed by atoms with Gasteiger partial charge in [-0.1, -0.05) is 0 Å². The van der Waals surface area contributed by atoms with E-state index in [-0.39, 0.29) is 0 Å². The summed E-state index contributed by atoms with van der Waals surface area (Å²) in [6.45, 7) is 10.3. The number of aryl methyl sites for hydroxylation is 2. The molecule has 1 N–H and O–H groups in total. The number of unbranched alkanes of at least 4 members (excludes halogenated alkanes) is 1. The molecule has 0 fully saturated rings. The first-order valence-electron chi connectivity index (χ1n) is 7.62. The van der Waals surface area contributed by atoms with Gasteiger partial charge in [-0.05, 0) is 77.3 Å². The first-order valence-corrected chi connectivity index (χ1v) is 8.60. The molecule has 1 aromatic rings. The third kappa shape index (κ3) is 6.97. The second-order valence-electron chi connectivity index (χ2n) is 6.17. The van der Waals surface area contributed by atoms with Crippen molar-refractivity contribution in [2.75, 3.05) is 5.75 Å². The molecule has 1 unspecified atom stereocenters. The highest BCUT2D eigenvalue weighted by Gasteiger charge is 2.23. The van der Waals surface area contributed by atoms with E-state index in [2.05, 4.69) is 49.3 Å². The lowest BCUT2D eigenvalue weighted by Crippen LogP contribution is -2.44. The molecule has 21 heavy (non-hydrogen) atoms. The van der Waals surface area contributed by atoms with Crippen molar-refractivity contribution in [1.82, 2.24) is 10.3 Å². The molecule has 1 atom stereocenters. The number of thioether (sulfide) groups is 1. The fourth-order valence-corrected chi connectivity index (χ4v) is 3.47. The normalized spacial score (nSPS) is 14.0. The van der Waals surface area contributed by atoms with Gasteiger partial charge in [-0.2, -0.15) is 5.26 Å². The van der Waals surface area contributed by atoms with Crippen LogP contribution in [0.2, 0.25) is 0 Å². The summed E-state index contributed by atoms with van der Waals surface area (Å²) < 4.78 is 0. The van der Waals surface area contributed by atoms with Gasteiger partial charge in [-0.15, -0.1) is 11.8 Å². The first kappa shape index (κ1) is 18.0. The first-order chi connectivity index (χ1) is 9.84. The number of aromatic nitrogens is 1. The van der Waals surface area contributed by atoms with Crippen molar-refractivity contribution in [3.63, 3.8) is 0 Å². The van der Waals surface area contributed by atoms with Crippen LogP contribution in [0.4, 0.5) is 0 Å². The van der Waals surface area contributed by atoms with Crippen molar-refractivity contribution in [3.05, 3.63) is 23.4 Å². The Morgan fingerprint density at radius 2 is 2.05 bits per heavy atom. The lowest BCUT2D eigenvalue weighted by atomic mass is 9.96. The number of nitrogens with zero attached hydrogens (tertiary/aromatic N) is 2. The molecule has 0 aliphatic heterocycles. The van der Waals surface area contributed by atoms with Crippen LogP contribution in [0.15, 0.2) is 17.2 Å². The van der Waals surface area contributed by atoms with Crippen LogP contribution in [-0.4, -0.2) is 22.3 Å². The summed E-state index contributed by atoms with van der Waals surface area (Å²) in [6, 6.07) is 6.97. The molecule has 0 spiro atoms. The third-order valence-corrected chi connectivity index (χ3v) is 4.25. The molecule has 1 rings (SSSR count). The summed E-state index contributed by atoms with van der Waals surface area (Å²) in [5, 5.41) is 13.8. The monoisotopic (exact) mass is 305 g/mol. The molecule has 0 bridgehead atoms. The summed E-state index contributed by atoms with van der Waals surface area (Å²) in [6.07, 6.45) is 3.06. The van der Waals surface area contributed by atoms with E-state index < -0.39 is 5.54 Å². The highest BCUT2D eigenvalue weighted by molar-refractivity contribution is 7.99. The van der Waals surface area contributed by atoms with Gasteiger partial charge in [-0.25, -0.2) is 4.98 Å². The van der Waals surface area contributed by atoms with Crippen LogP contribution >= 0.6 is 11.8 Å². The second-order valence-corrected chi connectivity index (χ2v) is 7.29. The molecule has 4 heteroatoms. The van der Waals surface area contributed by atoms with Crippen molar-refractivity contribution in [2.45, 2.75) is 70.5 Å². The zero-order valence-electron chi connectivity index (χ0n) is 13.9. The Kier molecular flexibility index (Phi) is 7.21. The van der Waals surface area contributed by atoms with Gasteiger partial charge in [0.1, 0.15) is 5.54 Å². The summed E-state index contributed by atoms with van der Waals surface area (Å²) in [5.74, 6) is 1.05. The Morgan fingerprint density at radius 1 is 1.33 bits per heavy atom. The summed E-state index contributed by atoms with van der Waals surface area (Å²) in [4.78, 5) is 4.53. The maximum atomic E-state index is 9.30. The van der Waals surface area contributed by atoms with Crippen molar-refractivity contribution >= 4 is 11.8 Å². The predicted octanol–water partition coefficient (Wildman–Crippen LogP) is 4.24. The van der Waals surface area contributed by atoms with Gasteiger partial charge in [0.25, 0.3) is 0 Å². The van der Waals surface area contributed by atoms with Gasteiger partial charge < -0.3 is 0 Å². The van der Waals surface area contributed by atoms with Gasteiger partial charge in [0, 0.05) is 11.7 Å². The van der Waals surface area contributed by atoms with Crippen LogP contribution in [0.1, 0.15) is 51.3 Å². The maximum Gasteiger partial charge on any atom is 0.104 e. The molecule has 1 aromatic heterocycles. The quantitative estimate of drug-likeness (QED) is 0.576. The summed E-state index contributed by atoms with van der Waals surface area (Å²) in [5.41, 5.74) is 1.94. The molecule has 0 amide bonds. The van der Waals surface area contributed by atoms with Gasteiger partial charge in [0.2, 0.25) is 0 Å². The highest BCUT2D eigenvalue weighted by atomic mass is 32.2. The zero-order chi connectivity index (χ0) is 15.9. The lowest BCUT2D eigenvalue weighted by molar-refractivity contribution is 0.372. The molecule has 0 aromatic carbocycles. The fourth-order valence-electron chi connectivity index (χ4n) is 2.43. The Balaban J connectivity index is 2.32. The van der Waals surface area contributed by atoms with E-state index in [1.807, 2.05) is 13.8 Å². The number of nitrogens with one attached hydrogen (secondary N) is 1. The molecule has 0 aliphatic rings. The summed E-state index contributed by atoms with van der Waals surface area (Å²) in [7, 11) is 0. The minimum atomic E-state index is -0.406. The molecular weight excluding hydrogens is 278 g/mol. The molecule has 0 aliphatic carbocycles. The molecule has 1 heterocycles.